The number of fused-ring (bicyclic) bond motifs is 1. The van der Waals surface area contributed by atoms with E-state index in [0.29, 0.717) is 16.6 Å². The van der Waals surface area contributed by atoms with Crippen LogP contribution < -0.4 is 0 Å². The zero-order valence-electron chi connectivity index (χ0n) is 11.0. The second kappa shape index (κ2) is 4.35. The van der Waals surface area contributed by atoms with E-state index in [0.717, 1.165) is 22.6 Å². The molecular weight excluding hydrogens is 262 g/mol. The topological polar surface area (TPSA) is 59.4 Å². The van der Waals surface area contributed by atoms with Gasteiger partial charge in [0.1, 0.15) is 5.82 Å². The van der Waals surface area contributed by atoms with Crippen molar-refractivity contribution in [3.63, 3.8) is 0 Å². The first-order valence-corrected chi connectivity index (χ1v) is 6.47. The first kappa shape index (κ1) is 12.2. The number of aryl methyl sites for hydroxylation is 1. The lowest BCUT2D eigenvalue weighted by atomic mass is 10.1. The van der Waals surface area contributed by atoms with Gasteiger partial charge in [0.2, 0.25) is 0 Å². The Balaban J connectivity index is 2.18. The van der Waals surface area contributed by atoms with Gasteiger partial charge in [0.15, 0.2) is 5.65 Å². The number of aromatic nitrogens is 5. The molecule has 0 bridgehead atoms. The number of nitrogens with zero attached hydrogens (tertiary/aromatic N) is 4. The SMILES string of the molecule is CC(C)c1nn(C)cc1-c1nc2ncc(Cl)cc2[nH]1. The highest BCUT2D eigenvalue weighted by atomic mass is 35.5. The maximum Gasteiger partial charge on any atom is 0.178 e. The Labute approximate surface area is 115 Å². The minimum Gasteiger partial charge on any atom is -0.336 e. The fourth-order valence-electron chi connectivity index (χ4n) is 2.12. The van der Waals surface area contributed by atoms with E-state index in [9.17, 15) is 0 Å². The number of H-pyrrole nitrogens is 1. The quantitative estimate of drug-likeness (QED) is 0.782. The Hall–Kier alpha value is -1.88. The second-order valence-electron chi connectivity index (χ2n) is 4.87. The summed E-state index contributed by atoms with van der Waals surface area (Å²) in [5.74, 6) is 1.11. The Morgan fingerprint density at radius 1 is 1.37 bits per heavy atom. The molecule has 0 saturated heterocycles. The molecule has 0 aromatic carbocycles. The van der Waals surface area contributed by atoms with E-state index < -0.39 is 0 Å². The maximum atomic E-state index is 5.93. The largest absolute Gasteiger partial charge is 0.336 e. The molecule has 0 spiro atoms. The van der Waals surface area contributed by atoms with Crippen molar-refractivity contribution in [1.29, 1.82) is 0 Å². The summed E-state index contributed by atoms with van der Waals surface area (Å²) >= 11 is 5.93. The van der Waals surface area contributed by atoms with Crippen LogP contribution in [0.25, 0.3) is 22.6 Å². The number of imidazole rings is 1. The fourth-order valence-corrected chi connectivity index (χ4v) is 2.27. The first-order chi connectivity index (χ1) is 9.04. The van der Waals surface area contributed by atoms with Crippen LogP contribution in [-0.2, 0) is 7.05 Å². The van der Waals surface area contributed by atoms with Gasteiger partial charge in [0, 0.05) is 19.4 Å². The highest BCUT2D eigenvalue weighted by Crippen LogP contribution is 2.27. The summed E-state index contributed by atoms with van der Waals surface area (Å²) in [5.41, 5.74) is 3.53. The lowest BCUT2D eigenvalue weighted by molar-refractivity contribution is 0.713. The predicted octanol–water partition coefficient (Wildman–Crippen LogP) is 3.14. The maximum absolute atomic E-state index is 5.93. The summed E-state index contributed by atoms with van der Waals surface area (Å²) in [6.07, 6.45) is 3.57. The molecule has 0 unspecified atom stereocenters. The van der Waals surface area contributed by atoms with Crippen molar-refractivity contribution in [3.8, 4) is 11.4 Å². The smallest absolute Gasteiger partial charge is 0.178 e. The van der Waals surface area contributed by atoms with Gasteiger partial charge in [-0.3, -0.25) is 4.68 Å². The third-order valence-corrected chi connectivity index (χ3v) is 3.17. The molecule has 3 aromatic heterocycles. The van der Waals surface area contributed by atoms with E-state index in [1.807, 2.05) is 19.3 Å². The molecule has 0 aliphatic rings. The Morgan fingerprint density at radius 2 is 2.16 bits per heavy atom. The summed E-state index contributed by atoms with van der Waals surface area (Å²) in [6, 6.07) is 1.83. The van der Waals surface area contributed by atoms with E-state index in [-0.39, 0.29) is 0 Å². The van der Waals surface area contributed by atoms with Crippen LogP contribution in [0.1, 0.15) is 25.5 Å². The summed E-state index contributed by atoms with van der Waals surface area (Å²) in [7, 11) is 1.91. The number of hydrogen-bond acceptors (Lipinski definition) is 3. The van der Waals surface area contributed by atoms with Crippen LogP contribution in [-0.4, -0.2) is 24.7 Å². The Bertz CT molecular complexity index is 741. The standard InChI is InChI=1S/C13H14ClN5/c1-7(2)11-9(6-19(3)18-11)12-16-10-4-8(14)5-15-13(10)17-12/h4-7H,1-3H3,(H,15,16,17). The molecule has 3 heterocycles. The number of nitrogens with one attached hydrogen (secondary N) is 1. The Morgan fingerprint density at radius 3 is 2.89 bits per heavy atom. The molecule has 3 aromatic rings. The number of hydrogen-bond donors (Lipinski definition) is 1. The van der Waals surface area contributed by atoms with Crippen molar-refractivity contribution in [1.82, 2.24) is 24.7 Å². The summed E-state index contributed by atoms with van der Waals surface area (Å²) < 4.78 is 1.80. The molecule has 0 fully saturated rings. The molecular formula is C13H14ClN5. The first-order valence-electron chi connectivity index (χ1n) is 6.10. The molecule has 0 saturated carbocycles. The van der Waals surface area contributed by atoms with Crippen LogP contribution in [0.15, 0.2) is 18.5 Å². The summed E-state index contributed by atoms with van der Waals surface area (Å²) in [4.78, 5) is 12.0. The molecule has 6 heteroatoms. The zero-order chi connectivity index (χ0) is 13.6. The minimum absolute atomic E-state index is 0.334. The zero-order valence-corrected chi connectivity index (χ0v) is 11.7. The van der Waals surface area contributed by atoms with Crippen LogP contribution in [0.3, 0.4) is 0 Å². The van der Waals surface area contributed by atoms with Crippen LogP contribution >= 0.6 is 11.6 Å². The van der Waals surface area contributed by atoms with Crippen LogP contribution in [0.2, 0.25) is 5.02 Å². The third-order valence-electron chi connectivity index (χ3n) is 2.96. The minimum atomic E-state index is 0.334. The molecule has 0 aliphatic carbocycles. The molecule has 3 rings (SSSR count). The van der Waals surface area contributed by atoms with Gasteiger partial charge in [-0.05, 0) is 12.0 Å². The fraction of sp³-hybridized carbons (Fsp3) is 0.308. The highest BCUT2D eigenvalue weighted by molar-refractivity contribution is 6.31. The van der Waals surface area contributed by atoms with Crippen molar-refractivity contribution in [3.05, 3.63) is 29.2 Å². The lowest BCUT2D eigenvalue weighted by Crippen LogP contribution is -1.94. The average Bonchev–Trinajstić information content (AvgIpc) is 2.91. The van der Waals surface area contributed by atoms with Gasteiger partial charge in [-0.2, -0.15) is 5.10 Å². The summed E-state index contributed by atoms with van der Waals surface area (Å²) in [5, 5.41) is 5.08. The number of rotatable bonds is 2. The number of halogens is 1. The Kier molecular flexibility index (Phi) is 2.78. The molecule has 0 atom stereocenters. The van der Waals surface area contributed by atoms with E-state index >= 15 is 0 Å². The van der Waals surface area contributed by atoms with Gasteiger partial charge in [0.05, 0.1) is 21.8 Å². The number of pyridine rings is 1. The van der Waals surface area contributed by atoms with Crippen molar-refractivity contribution in [2.75, 3.05) is 0 Å². The van der Waals surface area contributed by atoms with Gasteiger partial charge in [-0.15, -0.1) is 0 Å². The monoisotopic (exact) mass is 275 g/mol. The van der Waals surface area contributed by atoms with Gasteiger partial charge in [-0.1, -0.05) is 25.4 Å². The number of aromatic amines is 1. The van der Waals surface area contributed by atoms with Crippen molar-refractivity contribution >= 4 is 22.8 Å². The van der Waals surface area contributed by atoms with E-state index in [1.165, 1.54) is 0 Å². The van der Waals surface area contributed by atoms with Crippen molar-refractivity contribution in [2.45, 2.75) is 19.8 Å². The van der Waals surface area contributed by atoms with Crippen molar-refractivity contribution < 1.29 is 0 Å². The third kappa shape index (κ3) is 2.10. The molecule has 0 aliphatic heterocycles. The highest BCUT2D eigenvalue weighted by Gasteiger charge is 2.16. The molecule has 0 radical (unpaired) electrons. The summed E-state index contributed by atoms with van der Waals surface area (Å²) in [6.45, 7) is 4.23. The van der Waals surface area contributed by atoms with Crippen LogP contribution in [0, 0.1) is 0 Å². The van der Waals surface area contributed by atoms with E-state index in [4.69, 9.17) is 11.6 Å². The van der Waals surface area contributed by atoms with Gasteiger partial charge >= 0.3 is 0 Å². The van der Waals surface area contributed by atoms with Gasteiger partial charge in [0.25, 0.3) is 0 Å². The van der Waals surface area contributed by atoms with Crippen LogP contribution in [0.4, 0.5) is 0 Å². The van der Waals surface area contributed by atoms with Gasteiger partial charge < -0.3 is 4.98 Å². The molecule has 5 nitrogen and oxygen atoms in total. The van der Waals surface area contributed by atoms with E-state index in [2.05, 4.69) is 33.9 Å². The predicted molar refractivity (Wildman–Crippen MR) is 75.2 cm³/mol. The average molecular weight is 276 g/mol. The molecule has 1 N–H and O–H groups in total. The lowest BCUT2D eigenvalue weighted by Gasteiger charge is -2.01. The van der Waals surface area contributed by atoms with Crippen molar-refractivity contribution in [2.24, 2.45) is 7.05 Å². The molecule has 0 amide bonds. The van der Waals surface area contributed by atoms with E-state index in [1.54, 1.807) is 10.9 Å². The normalized spacial score (nSPS) is 11.6. The second-order valence-corrected chi connectivity index (χ2v) is 5.30. The van der Waals surface area contributed by atoms with Crippen LogP contribution in [0.5, 0.6) is 0 Å². The molecule has 19 heavy (non-hydrogen) atoms. The van der Waals surface area contributed by atoms with Gasteiger partial charge in [-0.25, -0.2) is 9.97 Å². The molecule has 98 valence electrons.